The SMILES string of the molecule is CCC1Oc2ccccc2N(CC(=O)NCC[NH+]2C(C)CCCC2C)C1=O. The zero-order chi connectivity index (χ0) is 19.4. The first-order valence-electron chi connectivity index (χ1n) is 10.2. The largest absolute Gasteiger partial charge is 0.478 e. The van der Waals surface area contributed by atoms with Crippen LogP contribution in [0.5, 0.6) is 5.75 Å². The van der Waals surface area contributed by atoms with Crippen molar-refractivity contribution in [1.82, 2.24) is 5.32 Å². The summed E-state index contributed by atoms with van der Waals surface area (Å²) >= 11 is 0. The molecular weight excluding hydrogens is 342 g/mol. The van der Waals surface area contributed by atoms with E-state index in [1.54, 1.807) is 9.80 Å². The Hall–Kier alpha value is -2.08. The number of carbonyl (C=O) groups is 2. The molecule has 0 bridgehead atoms. The van der Waals surface area contributed by atoms with Crippen molar-refractivity contribution in [2.45, 2.75) is 64.6 Å². The maximum absolute atomic E-state index is 12.7. The highest BCUT2D eigenvalue weighted by atomic mass is 16.5. The van der Waals surface area contributed by atoms with E-state index in [9.17, 15) is 9.59 Å². The van der Waals surface area contributed by atoms with Gasteiger partial charge < -0.3 is 15.0 Å². The van der Waals surface area contributed by atoms with E-state index in [0.717, 1.165) is 6.54 Å². The van der Waals surface area contributed by atoms with Crippen LogP contribution in [-0.4, -0.2) is 49.6 Å². The molecule has 2 amide bonds. The Morgan fingerprint density at radius 1 is 1.26 bits per heavy atom. The van der Waals surface area contributed by atoms with Crippen molar-refractivity contribution >= 4 is 17.5 Å². The van der Waals surface area contributed by atoms with Gasteiger partial charge in [0.05, 0.1) is 30.9 Å². The van der Waals surface area contributed by atoms with Crippen LogP contribution in [-0.2, 0) is 9.59 Å². The summed E-state index contributed by atoms with van der Waals surface area (Å²) in [6.45, 7) is 8.11. The van der Waals surface area contributed by atoms with Gasteiger partial charge in [0.2, 0.25) is 5.91 Å². The minimum atomic E-state index is -0.521. The van der Waals surface area contributed by atoms with Gasteiger partial charge in [0, 0.05) is 0 Å². The van der Waals surface area contributed by atoms with Crippen LogP contribution in [0.3, 0.4) is 0 Å². The fourth-order valence-electron chi connectivity index (χ4n) is 4.32. The number of anilines is 1. The predicted molar refractivity (Wildman–Crippen MR) is 105 cm³/mol. The third-order valence-corrected chi connectivity index (χ3v) is 5.92. The lowest BCUT2D eigenvalue weighted by Crippen LogP contribution is -3.19. The van der Waals surface area contributed by atoms with Gasteiger partial charge in [0.1, 0.15) is 12.3 Å². The summed E-state index contributed by atoms with van der Waals surface area (Å²) < 4.78 is 5.76. The molecule has 1 saturated heterocycles. The van der Waals surface area contributed by atoms with E-state index in [0.29, 0.717) is 36.5 Å². The summed E-state index contributed by atoms with van der Waals surface area (Å²) in [6, 6.07) is 8.69. The molecule has 0 aromatic heterocycles. The molecule has 1 fully saturated rings. The van der Waals surface area contributed by atoms with Crippen LogP contribution >= 0.6 is 0 Å². The number of benzene rings is 1. The second-order valence-electron chi connectivity index (χ2n) is 7.81. The molecule has 3 unspecified atom stereocenters. The first-order chi connectivity index (χ1) is 13.0. The molecule has 6 heteroatoms. The molecule has 27 heavy (non-hydrogen) atoms. The fourth-order valence-corrected chi connectivity index (χ4v) is 4.32. The number of hydrogen-bond donors (Lipinski definition) is 2. The summed E-state index contributed by atoms with van der Waals surface area (Å²) in [6.07, 6.45) is 3.87. The van der Waals surface area contributed by atoms with Gasteiger partial charge in [0.25, 0.3) is 5.91 Å². The number of ether oxygens (including phenoxy) is 1. The first kappa shape index (κ1) is 19.7. The number of piperidine rings is 1. The van der Waals surface area contributed by atoms with Gasteiger partial charge in [-0.3, -0.25) is 14.5 Å². The van der Waals surface area contributed by atoms with Crippen LogP contribution in [0.15, 0.2) is 24.3 Å². The van der Waals surface area contributed by atoms with E-state index in [-0.39, 0.29) is 18.4 Å². The Kier molecular flexibility index (Phi) is 6.37. The lowest BCUT2D eigenvalue weighted by atomic mass is 9.98. The smallest absolute Gasteiger partial charge is 0.268 e. The summed E-state index contributed by atoms with van der Waals surface area (Å²) in [5.41, 5.74) is 0.672. The van der Waals surface area contributed by atoms with Crippen LogP contribution < -0.4 is 19.9 Å². The summed E-state index contributed by atoms with van der Waals surface area (Å²) in [5.74, 6) is 0.402. The highest BCUT2D eigenvalue weighted by Crippen LogP contribution is 2.34. The number of hydrogen-bond acceptors (Lipinski definition) is 3. The molecule has 2 aliphatic heterocycles. The van der Waals surface area contributed by atoms with Crippen molar-refractivity contribution in [3.63, 3.8) is 0 Å². The molecule has 0 aliphatic carbocycles. The Morgan fingerprint density at radius 3 is 2.67 bits per heavy atom. The molecule has 3 rings (SSSR count). The number of quaternary nitrogens is 1. The fraction of sp³-hybridized carbons (Fsp3) is 0.619. The minimum Gasteiger partial charge on any atom is -0.478 e. The number of carbonyl (C=O) groups excluding carboxylic acids is 2. The van der Waals surface area contributed by atoms with Crippen molar-refractivity contribution in [2.75, 3.05) is 24.5 Å². The number of amides is 2. The maximum Gasteiger partial charge on any atom is 0.268 e. The molecule has 2 aliphatic rings. The van der Waals surface area contributed by atoms with Crippen molar-refractivity contribution < 1.29 is 19.2 Å². The molecule has 1 aromatic rings. The molecule has 6 nitrogen and oxygen atoms in total. The second-order valence-corrected chi connectivity index (χ2v) is 7.81. The molecular formula is C21H32N3O3+. The van der Waals surface area contributed by atoms with E-state index in [1.165, 1.54) is 19.3 Å². The van der Waals surface area contributed by atoms with Gasteiger partial charge in [-0.1, -0.05) is 19.1 Å². The highest BCUT2D eigenvalue weighted by molar-refractivity contribution is 6.03. The van der Waals surface area contributed by atoms with Gasteiger partial charge in [0.15, 0.2) is 6.10 Å². The van der Waals surface area contributed by atoms with E-state index >= 15 is 0 Å². The molecule has 2 heterocycles. The molecule has 0 radical (unpaired) electrons. The van der Waals surface area contributed by atoms with Gasteiger partial charge in [-0.2, -0.15) is 0 Å². The normalized spacial score (nSPS) is 27.7. The average Bonchev–Trinajstić information content (AvgIpc) is 2.66. The van der Waals surface area contributed by atoms with Crippen LogP contribution in [0.1, 0.15) is 46.5 Å². The van der Waals surface area contributed by atoms with Gasteiger partial charge in [-0.25, -0.2) is 0 Å². The van der Waals surface area contributed by atoms with E-state index in [1.807, 2.05) is 31.2 Å². The van der Waals surface area contributed by atoms with Crippen LogP contribution in [0.2, 0.25) is 0 Å². The van der Waals surface area contributed by atoms with Crippen molar-refractivity contribution in [3.05, 3.63) is 24.3 Å². The molecule has 0 saturated carbocycles. The van der Waals surface area contributed by atoms with Crippen LogP contribution in [0.25, 0.3) is 0 Å². The molecule has 0 spiro atoms. The zero-order valence-corrected chi connectivity index (χ0v) is 16.7. The Bertz CT molecular complexity index is 668. The Morgan fingerprint density at radius 2 is 1.96 bits per heavy atom. The maximum atomic E-state index is 12.7. The monoisotopic (exact) mass is 374 g/mol. The standard InChI is InChI=1S/C21H31N3O3/c1-4-18-21(26)24(17-10-5-6-11-19(17)27-18)14-20(25)22-12-13-23-15(2)8-7-9-16(23)3/h5-6,10-11,15-16,18H,4,7-9,12-14H2,1-3H3,(H,22,25)/p+1. The number of rotatable bonds is 6. The second kappa shape index (κ2) is 8.74. The molecule has 1 aromatic carbocycles. The van der Waals surface area contributed by atoms with Crippen molar-refractivity contribution in [1.29, 1.82) is 0 Å². The topological polar surface area (TPSA) is 63.1 Å². The van der Waals surface area contributed by atoms with Crippen molar-refractivity contribution in [3.8, 4) is 5.75 Å². The number of likely N-dealkylation sites (tertiary alicyclic amines) is 1. The lowest BCUT2D eigenvalue weighted by molar-refractivity contribution is -0.950. The quantitative estimate of drug-likeness (QED) is 0.785. The summed E-state index contributed by atoms with van der Waals surface area (Å²) in [5, 5.41) is 3.01. The van der Waals surface area contributed by atoms with Crippen molar-refractivity contribution in [2.24, 2.45) is 0 Å². The van der Waals surface area contributed by atoms with E-state index in [2.05, 4.69) is 19.2 Å². The van der Waals surface area contributed by atoms with E-state index in [4.69, 9.17) is 4.74 Å². The Balaban J connectivity index is 1.57. The van der Waals surface area contributed by atoms with Crippen LogP contribution in [0, 0.1) is 0 Å². The van der Waals surface area contributed by atoms with Crippen LogP contribution in [0.4, 0.5) is 5.69 Å². The zero-order valence-electron chi connectivity index (χ0n) is 16.7. The average molecular weight is 375 g/mol. The third kappa shape index (κ3) is 4.43. The predicted octanol–water partition coefficient (Wildman–Crippen LogP) is 1.15. The lowest BCUT2D eigenvalue weighted by Gasteiger charge is -2.36. The first-order valence-corrected chi connectivity index (χ1v) is 10.2. The third-order valence-electron chi connectivity index (χ3n) is 5.92. The number of nitrogens with one attached hydrogen (secondary N) is 2. The van der Waals surface area contributed by atoms with Gasteiger partial charge in [-0.15, -0.1) is 0 Å². The highest BCUT2D eigenvalue weighted by Gasteiger charge is 2.34. The molecule has 148 valence electrons. The van der Waals surface area contributed by atoms with E-state index < -0.39 is 6.10 Å². The number of nitrogens with zero attached hydrogens (tertiary/aromatic N) is 1. The van der Waals surface area contributed by atoms with Gasteiger partial charge >= 0.3 is 0 Å². The van der Waals surface area contributed by atoms with Gasteiger partial charge in [-0.05, 0) is 51.7 Å². The molecule has 2 N–H and O–H groups in total. The number of fused-ring (bicyclic) bond motifs is 1. The summed E-state index contributed by atoms with van der Waals surface area (Å²) in [4.78, 5) is 28.3. The summed E-state index contributed by atoms with van der Waals surface area (Å²) in [7, 11) is 0. The molecule has 3 atom stereocenters. The Labute approximate surface area is 161 Å². The minimum absolute atomic E-state index is 0.0378. The number of para-hydroxylation sites is 2.